The Balaban J connectivity index is 1.67. The van der Waals surface area contributed by atoms with Gasteiger partial charge in [0.25, 0.3) is 0 Å². The Hall–Kier alpha value is -5.12. The van der Waals surface area contributed by atoms with Crippen molar-refractivity contribution in [1.29, 1.82) is 0 Å². The smallest absolute Gasteiger partial charge is 0.158 e. The summed E-state index contributed by atoms with van der Waals surface area (Å²) in [5.74, 6) is 5.10. The molecule has 1 atom stereocenters. The van der Waals surface area contributed by atoms with Crippen molar-refractivity contribution in [2.45, 2.75) is 12.3 Å². The molecule has 4 aromatic rings. The van der Waals surface area contributed by atoms with Crippen molar-refractivity contribution in [2.24, 2.45) is 0 Å². The number of hydrogen-bond donors (Lipinski definition) is 3. The first kappa shape index (κ1) is 22.4. The molecule has 0 aromatic heterocycles. The van der Waals surface area contributed by atoms with Gasteiger partial charge in [0.05, 0.1) is 5.41 Å². The van der Waals surface area contributed by atoms with Gasteiger partial charge in [0.1, 0.15) is 5.75 Å². The molecule has 0 bridgehead atoms. The number of aromatic hydroxyl groups is 3. The lowest BCUT2D eigenvalue weighted by Crippen LogP contribution is -2.18. The number of phenolic OH excluding ortho intramolecular Hbond substituents is 3. The molecule has 4 aromatic carbocycles. The third-order valence-electron chi connectivity index (χ3n) is 7.39. The van der Waals surface area contributed by atoms with Gasteiger partial charge in [0, 0.05) is 11.1 Å². The zero-order valence-electron chi connectivity index (χ0n) is 20.1. The van der Waals surface area contributed by atoms with E-state index in [9.17, 15) is 15.3 Å². The maximum Gasteiger partial charge on any atom is 0.158 e. The molecule has 0 radical (unpaired) electrons. The Bertz CT molecular complexity index is 1620. The number of hydrogen-bond acceptors (Lipinski definition) is 3. The van der Waals surface area contributed by atoms with Crippen molar-refractivity contribution in [3.63, 3.8) is 0 Å². The molecular weight excluding hydrogens is 456 g/mol. The van der Waals surface area contributed by atoms with Crippen LogP contribution in [0.25, 0.3) is 11.1 Å². The summed E-state index contributed by atoms with van der Waals surface area (Å²) in [6.07, 6.45) is 15.4. The number of allylic oxidation sites excluding steroid dienone is 2. The number of aryl methyl sites for hydroxylation is 1. The second kappa shape index (κ2) is 7.95. The van der Waals surface area contributed by atoms with Crippen LogP contribution in [0, 0.1) is 31.6 Å². The van der Waals surface area contributed by atoms with Crippen molar-refractivity contribution >= 4 is 11.1 Å². The average molecular weight is 479 g/mol. The minimum Gasteiger partial charge on any atom is -0.508 e. The topological polar surface area (TPSA) is 60.7 Å². The highest BCUT2D eigenvalue weighted by atomic mass is 16.3. The van der Waals surface area contributed by atoms with Crippen LogP contribution in [0.3, 0.4) is 0 Å². The van der Waals surface area contributed by atoms with Crippen LogP contribution in [-0.2, 0) is 5.41 Å². The van der Waals surface area contributed by atoms with Crippen molar-refractivity contribution < 1.29 is 15.3 Å². The van der Waals surface area contributed by atoms with E-state index >= 15 is 0 Å². The van der Waals surface area contributed by atoms with E-state index in [-0.39, 0.29) is 17.2 Å². The van der Waals surface area contributed by atoms with Crippen LogP contribution in [0.2, 0.25) is 0 Å². The number of phenols is 3. The third-order valence-corrected chi connectivity index (χ3v) is 7.39. The molecule has 0 fully saturated rings. The second-order valence-electron chi connectivity index (χ2n) is 9.50. The Morgan fingerprint density at radius 1 is 0.595 bits per heavy atom. The normalized spacial score (nSPS) is 16.9. The van der Waals surface area contributed by atoms with E-state index in [1.54, 1.807) is 18.2 Å². The first-order valence-corrected chi connectivity index (χ1v) is 11.9. The van der Waals surface area contributed by atoms with Gasteiger partial charge in [-0.15, -0.1) is 12.8 Å². The molecule has 0 amide bonds. The zero-order chi connectivity index (χ0) is 25.9. The van der Waals surface area contributed by atoms with Crippen molar-refractivity contribution in [3.05, 3.63) is 135 Å². The number of benzene rings is 4. The molecule has 37 heavy (non-hydrogen) atoms. The molecule has 176 valence electrons. The van der Waals surface area contributed by atoms with E-state index in [1.807, 2.05) is 61.5 Å². The Kier molecular flexibility index (Phi) is 4.80. The molecular formula is C34H22O3. The summed E-state index contributed by atoms with van der Waals surface area (Å²) in [5.41, 5.74) is 8.89. The molecule has 3 heteroatoms. The predicted octanol–water partition coefficient (Wildman–Crippen LogP) is 6.25. The summed E-state index contributed by atoms with van der Waals surface area (Å²) in [5, 5.41) is 31.8. The molecule has 0 heterocycles. The summed E-state index contributed by atoms with van der Waals surface area (Å²) in [7, 11) is 0. The fraction of sp³-hybridized carbons (Fsp3) is 0.0588. The monoisotopic (exact) mass is 478 g/mol. The van der Waals surface area contributed by atoms with Crippen LogP contribution in [0.4, 0.5) is 0 Å². The molecule has 0 saturated heterocycles. The maximum absolute atomic E-state index is 10.8. The SMILES string of the molecule is C#Cc1ccc(C2=CC3(C=C(c4ccc(C#C)cc4)c4cc(O)c(O)cc43)c3cc(O)c(C)cc32)cc1. The highest BCUT2D eigenvalue weighted by Gasteiger charge is 2.45. The predicted molar refractivity (Wildman–Crippen MR) is 146 cm³/mol. The van der Waals surface area contributed by atoms with E-state index in [0.717, 1.165) is 61.2 Å². The van der Waals surface area contributed by atoms with Crippen LogP contribution in [0.1, 0.15) is 50.1 Å². The van der Waals surface area contributed by atoms with Crippen LogP contribution in [-0.4, -0.2) is 15.3 Å². The summed E-state index contributed by atoms with van der Waals surface area (Å²) in [6.45, 7) is 1.88. The number of terminal acetylenes is 2. The lowest BCUT2D eigenvalue weighted by molar-refractivity contribution is 0.402. The minimum atomic E-state index is -0.777. The van der Waals surface area contributed by atoms with Crippen LogP contribution in [0.5, 0.6) is 17.2 Å². The highest BCUT2D eigenvalue weighted by Crippen LogP contribution is 2.57. The number of rotatable bonds is 2. The molecule has 3 nitrogen and oxygen atoms in total. The molecule has 6 rings (SSSR count). The molecule has 3 N–H and O–H groups in total. The molecule has 0 aliphatic heterocycles. The summed E-state index contributed by atoms with van der Waals surface area (Å²) >= 11 is 0. The van der Waals surface area contributed by atoms with Gasteiger partial charge < -0.3 is 15.3 Å². The van der Waals surface area contributed by atoms with Gasteiger partial charge in [-0.05, 0) is 106 Å². The molecule has 1 spiro atoms. The van der Waals surface area contributed by atoms with E-state index in [1.165, 1.54) is 0 Å². The fourth-order valence-corrected chi connectivity index (χ4v) is 5.48. The van der Waals surface area contributed by atoms with E-state index in [4.69, 9.17) is 12.8 Å². The Labute approximate surface area is 215 Å². The minimum absolute atomic E-state index is 0.194. The zero-order valence-corrected chi connectivity index (χ0v) is 20.1. The quantitative estimate of drug-likeness (QED) is 0.236. The van der Waals surface area contributed by atoms with Crippen LogP contribution < -0.4 is 0 Å². The van der Waals surface area contributed by atoms with E-state index < -0.39 is 5.41 Å². The fourth-order valence-electron chi connectivity index (χ4n) is 5.48. The summed E-state index contributed by atoms with van der Waals surface area (Å²) in [6, 6.07) is 22.5. The van der Waals surface area contributed by atoms with Crippen molar-refractivity contribution in [3.8, 4) is 41.9 Å². The second-order valence-corrected chi connectivity index (χ2v) is 9.50. The highest BCUT2D eigenvalue weighted by molar-refractivity contribution is 5.97. The van der Waals surface area contributed by atoms with E-state index in [2.05, 4.69) is 24.0 Å². The maximum atomic E-state index is 10.8. The van der Waals surface area contributed by atoms with Crippen LogP contribution >= 0.6 is 0 Å². The van der Waals surface area contributed by atoms with Crippen molar-refractivity contribution in [2.75, 3.05) is 0 Å². The van der Waals surface area contributed by atoms with Gasteiger partial charge in [0.2, 0.25) is 0 Å². The summed E-state index contributed by atoms with van der Waals surface area (Å²) < 4.78 is 0. The molecule has 2 aliphatic rings. The average Bonchev–Trinajstić information content (AvgIpc) is 3.39. The first-order chi connectivity index (χ1) is 17.8. The lowest BCUT2D eigenvalue weighted by Gasteiger charge is -2.24. The standard InChI is InChI=1S/C34H22O3/c1-4-21-6-10-23(11-7-21)27-18-34(29-16-31(35)20(3)14-25(27)29)19-28(24-12-8-22(5-2)9-13-24)26-15-32(36)33(37)17-30(26)34/h1-2,6-19,35-37H,3H3. The van der Waals surface area contributed by atoms with Crippen molar-refractivity contribution in [1.82, 2.24) is 0 Å². The van der Waals surface area contributed by atoms with E-state index in [0.29, 0.717) is 0 Å². The Morgan fingerprint density at radius 3 is 1.51 bits per heavy atom. The molecule has 1 unspecified atom stereocenters. The van der Waals surface area contributed by atoms with Gasteiger partial charge in [-0.25, -0.2) is 0 Å². The van der Waals surface area contributed by atoms with Crippen LogP contribution in [0.15, 0.2) is 84.9 Å². The number of fused-ring (bicyclic) bond motifs is 4. The van der Waals surface area contributed by atoms with Gasteiger partial charge >= 0.3 is 0 Å². The lowest BCUT2D eigenvalue weighted by atomic mass is 9.77. The van der Waals surface area contributed by atoms with Gasteiger partial charge in [-0.1, -0.05) is 48.3 Å². The molecule has 2 aliphatic carbocycles. The molecule has 0 saturated carbocycles. The first-order valence-electron chi connectivity index (χ1n) is 11.9. The largest absolute Gasteiger partial charge is 0.508 e. The van der Waals surface area contributed by atoms with Gasteiger partial charge in [-0.3, -0.25) is 0 Å². The van der Waals surface area contributed by atoms with Gasteiger partial charge in [-0.2, -0.15) is 0 Å². The summed E-state index contributed by atoms with van der Waals surface area (Å²) in [4.78, 5) is 0. The van der Waals surface area contributed by atoms with Gasteiger partial charge in [0.15, 0.2) is 11.5 Å². The third kappa shape index (κ3) is 3.26. The Morgan fingerprint density at radius 2 is 1.03 bits per heavy atom.